The van der Waals surface area contributed by atoms with Crippen LogP contribution in [0.1, 0.15) is 6.92 Å². The van der Waals surface area contributed by atoms with E-state index >= 15 is 0 Å². The van der Waals surface area contributed by atoms with Crippen molar-refractivity contribution in [3.63, 3.8) is 0 Å². The number of amides is 1. The van der Waals surface area contributed by atoms with Crippen LogP contribution in [0.15, 0.2) is 71.8 Å². The van der Waals surface area contributed by atoms with E-state index in [-0.39, 0.29) is 12.5 Å². The molecule has 0 fully saturated rings. The Labute approximate surface area is 155 Å². The number of carbonyl (C=O) groups is 2. The lowest BCUT2D eigenvalue weighted by molar-refractivity contribution is -0.146. The fourth-order valence-electron chi connectivity index (χ4n) is 2.40. The van der Waals surface area contributed by atoms with Gasteiger partial charge in [-0.15, -0.1) is 11.8 Å². The van der Waals surface area contributed by atoms with Crippen LogP contribution in [0.3, 0.4) is 0 Å². The molecule has 0 saturated heterocycles. The second-order valence-corrected chi connectivity index (χ2v) is 7.02. The zero-order chi connectivity index (χ0) is 18.4. The van der Waals surface area contributed by atoms with Crippen LogP contribution >= 0.6 is 11.8 Å². The fraction of sp³-hybridized carbons (Fsp3) is 0.150. The molecule has 1 unspecified atom stereocenters. The van der Waals surface area contributed by atoms with Crippen molar-refractivity contribution in [1.82, 2.24) is 4.98 Å². The Hall–Kier alpha value is -2.86. The SMILES string of the molecule is CC(Sc1ccccc1)C(=O)OCC(=O)Nc1cccc2ncccc12. The molecule has 5 nitrogen and oxygen atoms in total. The van der Waals surface area contributed by atoms with E-state index in [9.17, 15) is 9.59 Å². The van der Waals surface area contributed by atoms with E-state index < -0.39 is 11.2 Å². The third-order valence-corrected chi connectivity index (χ3v) is 4.74. The van der Waals surface area contributed by atoms with Crippen molar-refractivity contribution < 1.29 is 14.3 Å². The van der Waals surface area contributed by atoms with Gasteiger partial charge < -0.3 is 10.1 Å². The Morgan fingerprint density at radius 3 is 2.69 bits per heavy atom. The first-order chi connectivity index (χ1) is 12.6. The molecule has 0 radical (unpaired) electrons. The number of nitrogens with zero attached hydrogens (tertiary/aromatic N) is 1. The number of aromatic nitrogens is 1. The maximum absolute atomic E-state index is 12.1. The average molecular weight is 366 g/mol. The number of benzene rings is 2. The molecule has 132 valence electrons. The van der Waals surface area contributed by atoms with E-state index in [0.29, 0.717) is 5.69 Å². The van der Waals surface area contributed by atoms with Crippen LogP contribution in [0.25, 0.3) is 10.9 Å². The molecule has 0 bridgehead atoms. The summed E-state index contributed by atoms with van der Waals surface area (Å²) in [5, 5.41) is 3.21. The highest BCUT2D eigenvalue weighted by Gasteiger charge is 2.17. The summed E-state index contributed by atoms with van der Waals surface area (Å²) in [5.41, 5.74) is 1.43. The van der Waals surface area contributed by atoms with Gasteiger partial charge in [-0.05, 0) is 43.3 Å². The van der Waals surface area contributed by atoms with E-state index in [0.717, 1.165) is 15.8 Å². The van der Waals surface area contributed by atoms with Gasteiger partial charge in [0.1, 0.15) is 5.25 Å². The van der Waals surface area contributed by atoms with Crippen LogP contribution in [-0.2, 0) is 14.3 Å². The molecule has 1 heterocycles. The van der Waals surface area contributed by atoms with Gasteiger partial charge in [0.25, 0.3) is 5.91 Å². The van der Waals surface area contributed by atoms with Crippen LogP contribution in [0.5, 0.6) is 0 Å². The minimum atomic E-state index is -0.423. The number of ether oxygens (including phenoxy) is 1. The number of pyridine rings is 1. The highest BCUT2D eigenvalue weighted by Crippen LogP contribution is 2.24. The maximum atomic E-state index is 12.1. The number of thioether (sulfide) groups is 1. The second kappa shape index (κ2) is 8.49. The van der Waals surface area contributed by atoms with Crippen molar-refractivity contribution >= 4 is 40.2 Å². The second-order valence-electron chi connectivity index (χ2n) is 5.60. The van der Waals surface area contributed by atoms with Gasteiger partial charge in [0.2, 0.25) is 0 Å². The molecule has 1 atom stereocenters. The molecule has 1 N–H and O–H groups in total. The van der Waals surface area contributed by atoms with E-state index in [1.54, 1.807) is 25.3 Å². The first kappa shape index (κ1) is 17.9. The molecule has 0 saturated carbocycles. The molecule has 0 aliphatic carbocycles. The molecule has 0 aliphatic rings. The van der Waals surface area contributed by atoms with Crippen molar-refractivity contribution in [2.45, 2.75) is 17.1 Å². The highest BCUT2D eigenvalue weighted by atomic mass is 32.2. The fourth-order valence-corrected chi connectivity index (χ4v) is 3.29. The number of rotatable bonds is 6. The first-order valence-corrected chi connectivity index (χ1v) is 9.03. The minimum Gasteiger partial charge on any atom is -0.455 e. The Morgan fingerprint density at radius 1 is 1.08 bits per heavy atom. The third-order valence-electron chi connectivity index (χ3n) is 3.65. The molecule has 0 spiro atoms. The lowest BCUT2D eigenvalue weighted by Crippen LogP contribution is -2.24. The molecule has 6 heteroatoms. The molecule has 2 aromatic carbocycles. The number of nitrogens with one attached hydrogen (secondary N) is 1. The topological polar surface area (TPSA) is 68.3 Å². The molecule has 26 heavy (non-hydrogen) atoms. The van der Waals surface area contributed by atoms with Crippen molar-refractivity contribution in [1.29, 1.82) is 0 Å². The van der Waals surface area contributed by atoms with Gasteiger partial charge in [-0.2, -0.15) is 0 Å². The summed E-state index contributed by atoms with van der Waals surface area (Å²) < 4.78 is 5.13. The smallest absolute Gasteiger partial charge is 0.319 e. The zero-order valence-corrected chi connectivity index (χ0v) is 15.0. The molecular formula is C20H18N2O3S. The van der Waals surface area contributed by atoms with E-state index in [1.165, 1.54) is 11.8 Å². The molecule has 0 aliphatic heterocycles. The standard InChI is InChI=1S/C20H18N2O3S/c1-14(26-15-7-3-2-4-8-15)20(24)25-13-19(23)22-18-11-5-10-17-16(18)9-6-12-21-17/h2-12,14H,13H2,1H3,(H,22,23). The number of anilines is 1. The summed E-state index contributed by atoms with van der Waals surface area (Å²) in [4.78, 5) is 29.4. The van der Waals surface area contributed by atoms with E-state index in [4.69, 9.17) is 4.74 Å². The minimum absolute atomic E-state index is 0.324. The summed E-state index contributed by atoms with van der Waals surface area (Å²) in [6.07, 6.45) is 1.70. The van der Waals surface area contributed by atoms with Crippen molar-refractivity contribution in [3.8, 4) is 0 Å². The summed E-state index contributed by atoms with van der Waals surface area (Å²) >= 11 is 1.39. The van der Waals surface area contributed by atoms with Gasteiger partial charge in [-0.25, -0.2) is 0 Å². The average Bonchev–Trinajstić information content (AvgIpc) is 2.67. The Bertz CT molecular complexity index is 910. The van der Waals surface area contributed by atoms with Crippen molar-refractivity contribution in [3.05, 3.63) is 66.9 Å². The number of hydrogen-bond donors (Lipinski definition) is 1. The predicted octanol–water partition coefficient (Wildman–Crippen LogP) is 3.90. The summed E-state index contributed by atoms with van der Waals surface area (Å²) in [5.74, 6) is -0.805. The maximum Gasteiger partial charge on any atom is 0.319 e. The quantitative estimate of drug-likeness (QED) is 0.529. The lowest BCUT2D eigenvalue weighted by atomic mass is 10.2. The van der Waals surface area contributed by atoms with Crippen LogP contribution in [0.4, 0.5) is 5.69 Å². The van der Waals surface area contributed by atoms with Crippen LogP contribution < -0.4 is 5.32 Å². The van der Waals surface area contributed by atoms with Crippen molar-refractivity contribution in [2.75, 3.05) is 11.9 Å². The summed E-state index contributed by atoms with van der Waals surface area (Å²) in [6, 6.07) is 18.7. The number of esters is 1. The normalized spacial score (nSPS) is 11.7. The van der Waals surface area contributed by atoms with Crippen LogP contribution in [-0.4, -0.2) is 28.7 Å². The zero-order valence-electron chi connectivity index (χ0n) is 14.2. The number of hydrogen-bond acceptors (Lipinski definition) is 5. The Kier molecular flexibility index (Phi) is 5.86. The molecule has 3 rings (SSSR count). The predicted molar refractivity (Wildman–Crippen MR) is 103 cm³/mol. The molecule has 1 amide bonds. The summed E-state index contributed by atoms with van der Waals surface area (Å²) in [6.45, 7) is 1.43. The summed E-state index contributed by atoms with van der Waals surface area (Å²) in [7, 11) is 0. The van der Waals surface area contributed by atoms with Gasteiger partial charge in [0.05, 0.1) is 11.2 Å². The highest BCUT2D eigenvalue weighted by molar-refractivity contribution is 8.00. The number of fused-ring (bicyclic) bond motifs is 1. The van der Waals surface area contributed by atoms with Gasteiger partial charge in [-0.3, -0.25) is 14.6 Å². The van der Waals surface area contributed by atoms with E-state index in [1.807, 2.05) is 48.5 Å². The largest absolute Gasteiger partial charge is 0.455 e. The Balaban J connectivity index is 1.54. The molecule has 1 aromatic heterocycles. The lowest BCUT2D eigenvalue weighted by Gasteiger charge is -2.12. The third kappa shape index (κ3) is 4.61. The molecule has 3 aromatic rings. The van der Waals surface area contributed by atoms with Gasteiger partial charge in [0.15, 0.2) is 6.61 Å². The van der Waals surface area contributed by atoms with Crippen molar-refractivity contribution in [2.24, 2.45) is 0 Å². The van der Waals surface area contributed by atoms with E-state index in [2.05, 4.69) is 10.3 Å². The Morgan fingerprint density at radius 2 is 1.88 bits per heavy atom. The van der Waals surface area contributed by atoms with Gasteiger partial charge in [-0.1, -0.05) is 24.3 Å². The monoisotopic (exact) mass is 366 g/mol. The first-order valence-electron chi connectivity index (χ1n) is 8.15. The molecular weight excluding hydrogens is 348 g/mol. The van der Waals surface area contributed by atoms with Crippen LogP contribution in [0, 0.1) is 0 Å². The van der Waals surface area contributed by atoms with Gasteiger partial charge in [0, 0.05) is 16.5 Å². The number of carbonyl (C=O) groups excluding carboxylic acids is 2. The van der Waals surface area contributed by atoms with Gasteiger partial charge >= 0.3 is 5.97 Å². The van der Waals surface area contributed by atoms with Crippen LogP contribution in [0.2, 0.25) is 0 Å².